The second-order valence-corrected chi connectivity index (χ2v) is 9.80. The number of halogens is 1. The zero-order valence-electron chi connectivity index (χ0n) is 21.5. The Balaban J connectivity index is 1.45. The van der Waals surface area contributed by atoms with Gasteiger partial charge in [-0.25, -0.2) is 9.37 Å². The molecule has 1 N–H and O–H groups in total. The molecule has 190 valence electrons. The number of likely N-dealkylation sites (N-methyl/N-ethyl adjacent to an activating group) is 1. The molecule has 0 bridgehead atoms. The number of imidazole rings is 1. The van der Waals surface area contributed by atoms with Crippen LogP contribution in [0.25, 0.3) is 11.3 Å². The Kier molecular flexibility index (Phi) is 7.06. The van der Waals surface area contributed by atoms with E-state index >= 15 is 0 Å². The van der Waals surface area contributed by atoms with Crippen LogP contribution in [0.2, 0.25) is 0 Å². The molecule has 4 aromatic rings. The van der Waals surface area contributed by atoms with E-state index in [2.05, 4.69) is 41.1 Å². The molecule has 0 spiro atoms. The summed E-state index contributed by atoms with van der Waals surface area (Å²) in [5.74, 6) is 1.47. The van der Waals surface area contributed by atoms with Crippen LogP contribution >= 0.6 is 0 Å². The maximum Gasteiger partial charge on any atom is 0.240 e. The normalized spacial score (nSPS) is 13.9. The summed E-state index contributed by atoms with van der Waals surface area (Å²) in [7, 11) is 3.90. The molecule has 2 heterocycles. The molecule has 6 nitrogen and oxygen atoms in total. The van der Waals surface area contributed by atoms with Gasteiger partial charge in [0.05, 0.1) is 12.6 Å². The van der Waals surface area contributed by atoms with Gasteiger partial charge >= 0.3 is 0 Å². The van der Waals surface area contributed by atoms with Crippen molar-refractivity contribution in [3.05, 3.63) is 102 Å². The predicted octanol–water partition coefficient (Wildman–Crippen LogP) is 5.26. The Labute approximate surface area is 217 Å². The predicted molar refractivity (Wildman–Crippen MR) is 145 cm³/mol. The summed E-state index contributed by atoms with van der Waals surface area (Å²) in [6.07, 6.45) is 0.651. The molecule has 3 aromatic carbocycles. The highest BCUT2D eigenvalue weighted by Crippen LogP contribution is 2.33. The monoisotopic (exact) mass is 497 g/mol. The smallest absolute Gasteiger partial charge is 0.240 e. The topological polar surface area (TPSA) is 53.4 Å². The highest BCUT2D eigenvalue weighted by molar-refractivity contribution is 5.83. The van der Waals surface area contributed by atoms with E-state index in [0.717, 1.165) is 34.2 Å². The Hall–Kier alpha value is -3.97. The van der Waals surface area contributed by atoms with E-state index in [1.807, 2.05) is 54.2 Å². The molecule has 37 heavy (non-hydrogen) atoms. The van der Waals surface area contributed by atoms with Crippen molar-refractivity contribution < 1.29 is 9.18 Å². The molecule has 0 fully saturated rings. The van der Waals surface area contributed by atoms with Crippen LogP contribution in [-0.2, 0) is 24.3 Å². The number of aromatic nitrogens is 2. The van der Waals surface area contributed by atoms with Crippen molar-refractivity contribution >= 4 is 17.4 Å². The van der Waals surface area contributed by atoms with E-state index < -0.39 is 0 Å². The number of rotatable bonds is 7. The molecule has 1 atom stereocenters. The summed E-state index contributed by atoms with van der Waals surface area (Å²) in [6.45, 7) is 3.68. The van der Waals surface area contributed by atoms with E-state index in [-0.39, 0.29) is 17.8 Å². The number of aryl methyl sites for hydroxylation is 1. The Bertz CT molecular complexity index is 1360. The molecule has 1 aromatic heterocycles. The van der Waals surface area contributed by atoms with Crippen molar-refractivity contribution in [1.82, 2.24) is 19.4 Å². The lowest BCUT2D eigenvalue weighted by Gasteiger charge is -2.33. The van der Waals surface area contributed by atoms with Crippen LogP contribution in [0.1, 0.15) is 17.0 Å². The zero-order chi connectivity index (χ0) is 25.9. The maximum absolute atomic E-state index is 13.7. The molecule has 1 aliphatic heterocycles. The molecule has 1 aliphatic rings. The van der Waals surface area contributed by atoms with Crippen LogP contribution in [-0.4, -0.2) is 51.9 Å². The van der Waals surface area contributed by atoms with Crippen LogP contribution in [0.15, 0.2) is 78.9 Å². The van der Waals surface area contributed by atoms with E-state index in [1.54, 1.807) is 12.1 Å². The fourth-order valence-corrected chi connectivity index (χ4v) is 4.77. The van der Waals surface area contributed by atoms with Gasteiger partial charge in [-0.3, -0.25) is 9.69 Å². The van der Waals surface area contributed by atoms with Gasteiger partial charge in [0.25, 0.3) is 0 Å². The summed E-state index contributed by atoms with van der Waals surface area (Å²) in [5.41, 5.74) is 4.84. The summed E-state index contributed by atoms with van der Waals surface area (Å²) in [6, 6.07) is 24.4. The number of fused-ring (bicyclic) bond motifs is 1. The Morgan fingerprint density at radius 2 is 1.70 bits per heavy atom. The van der Waals surface area contributed by atoms with Crippen molar-refractivity contribution in [2.75, 3.05) is 26.0 Å². The van der Waals surface area contributed by atoms with Gasteiger partial charge in [0.15, 0.2) is 0 Å². The first-order valence-electron chi connectivity index (χ1n) is 12.6. The second-order valence-electron chi connectivity index (χ2n) is 9.80. The average Bonchev–Trinajstić information content (AvgIpc) is 3.26. The number of anilines is 2. The molecule has 5 rings (SSSR count). The van der Waals surface area contributed by atoms with Gasteiger partial charge in [0.1, 0.15) is 23.2 Å². The first-order chi connectivity index (χ1) is 17.9. The number of hydrogen-bond donors (Lipinski definition) is 1. The standard InChI is InChI=1S/C30H32FN5O/c1-21-9-15-25(16-10-21)32-29-28(23-11-13-24(31)14-12-23)33-27-20-35(17-18-36(27)29)30(37)26(34(2)3)19-22-7-5-4-6-8-22/h4-16,26,32H,17-20H2,1-3H3. The van der Waals surface area contributed by atoms with Gasteiger partial charge in [-0.2, -0.15) is 0 Å². The van der Waals surface area contributed by atoms with Gasteiger partial charge in [0, 0.05) is 24.3 Å². The lowest BCUT2D eigenvalue weighted by molar-refractivity contribution is -0.137. The van der Waals surface area contributed by atoms with Crippen LogP contribution in [0.3, 0.4) is 0 Å². The van der Waals surface area contributed by atoms with E-state index in [4.69, 9.17) is 4.98 Å². The van der Waals surface area contributed by atoms with Crippen molar-refractivity contribution in [3.63, 3.8) is 0 Å². The average molecular weight is 498 g/mol. The SMILES string of the molecule is Cc1ccc(Nc2c(-c3ccc(F)cc3)nc3n2CCN(C(=O)C(Cc2ccccc2)N(C)C)C3)cc1. The molecular weight excluding hydrogens is 465 g/mol. The summed E-state index contributed by atoms with van der Waals surface area (Å²) in [4.78, 5) is 22.5. The minimum absolute atomic E-state index is 0.0967. The minimum Gasteiger partial charge on any atom is -0.340 e. The number of benzene rings is 3. The molecule has 7 heteroatoms. The van der Waals surface area contributed by atoms with Crippen LogP contribution in [0.5, 0.6) is 0 Å². The summed E-state index contributed by atoms with van der Waals surface area (Å²) in [5, 5.41) is 3.53. The number of hydrogen-bond acceptors (Lipinski definition) is 4. The van der Waals surface area contributed by atoms with Crippen molar-refractivity contribution in [2.45, 2.75) is 32.5 Å². The fraction of sp³-hybridized carbons (Fsp3) is 0.267. The third-order valence-electron chi connectivity index (χ3n) is 6.90. The first-order valence-corrected chi connectivity index (χ1v) is 12.6. The molecule has 0 radical (unpaired) electrons. The van der Waals surface area contributed by atoms with Crippen molar-refractivity contribution in [2.24, 2.45) is 0 Å². The quantitative estimate of drug-likeness (QED) is 0.379. The summed E-state index contributed by atoms with van der Waals surface area (Å²) >= 11 is 0. The Morgan fingerprint density at radius 1 is 1.00 bits per heavy atom. The third kappa shape index (κ3) is 5.42. The van der Waals surface area contributed by atoms with E-state index in [0.29, 0.717) is 26.1 Å². The Morgan fingerprint density at radius 3 is 2.38 bits per heavy atom. The summed E-state index contributed by atoms with van der Waals surface area (Å²) < 4.78 is 15.8. The molecule has 1 unspecified atom stereocenters. The van der Waals surface area contributed by atoms with Crippen LogP contribution in [0, 0.1) is 12.7 Å². The molecule has 0 saturated carbocycles. The second kappa shape index (κ2) is 10.6. The van der Waals surface area contributed by atoms with E-state index in [1.165, 1.54) is 17.7 Å². The van der Waals surface area contributed by atoms with Crippen LogP contribution in [0.4, 0.5) is 15.9 Å². The molecule has 0 aliphatic carbocycles. The van der Waals surface area contributed by atoms with Crippen molar-refractivity contribution in [3.8, 4) is 11.3 Å². The zero-order valence-corrected chi connectivity index (χ0v) is 21.5. The number of carbonyl (C=O) groups is 1. The largest absolute Gasteiger partial charge is 0.340 e. The number of nitrogens with zero attached hydrogens (tertiary/aromatic N) is 4. The van der Waals surface area contributed by atoms with Gasteiger partial charge < -0.3 is 14.8 Å². The van der Waals surface area contributed by atoms with Crippen molar-refractivity contribution in [1.29, 1.82) is 0 Å². The highest BCUT2D eigenvalue weighted by Gasteiger charge is 2.31. The van der Waals surface area contributed by atoms with Gasteiger partial charge in [-0.15, -0.1) is 0 Å². The van der Waals surface area contributed by atoms with Gasteiger partial charge in [-0.1, -0.05) is 48.0 Å². The lowest BCUT2D eigenvalue weighted by atomic mass is 10.0. The fourth-order valence-electron chi connectivity index (χ4n) is 4.77. The molecule has 0 saturated heterocycles. The maximum atomic E-state index is 13.7. The van der Waals surface area contributed by atoms with Gasteiger partial charge in [-0.05, 0) is 69.4 Å². The minimum atomic E-state index is -0.286. The first kappa shape index (κ1) is 24.7. The third-order valence-corrected chi connectivity index (χ3v) is 6.90. The molecule has 1 amide bonds. The number of amides is 1. The van der Waals surface area contributed by atoms with E-state index in [9.17, 15) is 9.18 Å². The highest BCUT2D eigenvalue weighted by atomic mass is 19.1. The van der Waals surface area contributed by atoms with Crippen LogP contribution < -0.4 is 5.32 Å². The molecular formula is C30H32FN5O. The van der Waals surface area contributed by atoms with Gasteiger partial charge in [0.2, 0.25) is 5.91 Å². The number of nitrogens with one attached hydrogen (secondary N) is 1. The lowest BCUT2D eigenvalue weighted by Crippen LogP contribution is -2.49. The number of carbonyl (C=O) groups excluding carboxylic acids is 1.